The molecule has 3 aliphatic rings. The number of nitrogens with one attached hydrogen (secondary N) is 2. The number of aromatic nitrogens is 5. The molecule has 55 heavy (non-hydrogen) atoms. The van der Waals surface area contributed by atoms with Crippen molar-refractivity contribution in [2.45, 2.75) is 64.6 Å². The number of aliphatic hydroxyl groups excluding tert-OH is 1. The van der Waals surface area contributed by atoms with Gasteiger partial charge in [-0.05, 0) is 79.8 Å². The van der Waals surface area contributed by atoms with Crippen molar-refractivity contribution in [2.75, 3.05) is 36.8 Å². The van der Waals surface area contributed by atoms with Crippen LogP contribution in [-0.4, -0.2) is 88.7 Å². The molecule has 1 atom stereocenters. The predicted molar refractivity (Wildman–Crippen MR) is 211 cm³/mol. The largest absolute Gasteiger partial charge is 0.481 e. The third kappa shape index (κ3) is 7.79. The van der Waals surface area contributed by atoms with E-state index in [-0.39, 0.29) is 17.9 Å². The zero-order valence-electron chi connectivity index (χ0n) is 31.1. The average Bonchev–Trinajstić information content (AvgIpc) is 3.74. The molecule has 5 heterocycles. The Morgan fingerprint density at radius 3 is 2.51 bits per heavy atom. The first kappa shape index (κ1) is 37.0. The van der Waals surface area contributed by atoms with Crippen LogP contribution in [0.15, 0.2) is 55.0 Å². The molecule has 5 aromatic rings. The molecule has 286 valence electrons. The molecule has 1 aliphatic carbocycles. The maximum Gasteiger partial charge on any atom is 0.306 e. The highest BCUT2D eigenvalue weighted by Gasteiger charge is 2.30. The van der Waals surface area contributed by atoms with Gasteiger partial charge in [-0.1, -0.05) is 35.9 Å². The zero-order chi connectivity index (χ0) is 38.2. The molecule has 1 saturated carbocycles. The molecule has 1 saturated heterocycles. The molecule has 0 unspecified atom stereocenters. The third-order valence-electron chi connectivity index (χ3n) is 11.6. The fourth-order valence-corrected chi connectivity index (χ4v) is 8.76. The molecule has 2 fully saturated rings. The van der Waals surface area contributed by atoms with E-state index >= 15 is 0 Å². The Morgan fingerprint density at radius 2 is 1.75 bits per heavy atom. The monoisotopic (exact) mass is 763 g/mol. The van der Waals surface area contributed by atoms with Crippen LogP contribution < -0.4 is 10.6 Å². The molecule has 4 N–H and O–H groups in total. The summed E-state index contributed by atoms with van der Waals surface area (Å²) in [6.45, 7) is 6.71. The topological polar surface area (TPSA) is 162 Å². The SMILES string of the molecule is Cc1c(Nc2ncnc3cc(CN4CC[C@@H](O)C4)cnc23)cccc1-c1cccc(NC(=O)c2nc3c(n2C)CCN(C[C@H]2CC[C@H](C(=O)O)CC2)C3)c1Cl. The quantitative estimate of drug-likeness (QED) is 0.128. The lowest BCUT2D eigenvalue weighted by Gasteiger charge is -2.33. The number of fused-ring (bicyclic) bond motifs is 2. The second-order valence-electron chi connectivity index (χ2n) is 15.3. The summed E-state index contributed by atoms with van der Waals surface area (Å²) < 4.78 is 1.89. The molecule has 0 bridgehead atoms. The Balaban J connectivity index is 0.959. The number of aliphatic hydroxyl groups is 1. The van der Waals surface area contributed by atoms with E-state index in [4.69, 9.17) is 21.6 Å². The second-order valence-corrected chi connectivity index (χ2v) is 15.6. The molecule has 2 aliphatic heterocycles. The van der Waals surface area contributed by atoms with E-state index in [0.29, 0.717) is 53.4 Å². The first-order valence-electron chi connectivity index (χ1n) is 19.1. The molecule has 8 rings (SSSR count). The first-order chi connectivity index (χ1) is 26.6. The number of carboxylic acids is 1. The van der Waals surface area contributed by atoms with Gasteiger partial charge in [0.2, 0.25) is 0 Å². The summed E-state index contributed by atoms with van der Waals surface area (Å²) in [4.78, 5) is 48.3. The molecular weight excluding hydrogens is 718 g/mol. The number of halogens is 1. The first-order valence-corrected chi connectivity index (χ1v) is 19.5. The minimum absolute atomic E-state index is 0.215. The van der Waals surface area contributed by atoms with Gasteiger partial charge in [-0.2, -0.15) is 0 Å². The van der Waals surface area contributed by atoms with Crippen LogP contribution in [0.2, 0.25) is 5.02 Å². The van der Waals surface area contributed by atoms with Gasteiger partial charge >= 0.3 is 5.97 Å². The maximum atomic E-state index is 13.7. The van der Waals surface area contributed by atoms with Crippen molar-refractivity contribution in [3.8, 4) is 11.1 Å². The van der Waals surface area contributed by atoms with Crippen LogP contribution in [0.1, 0.15) is 65.2 Å². The fourth-order valence-electron chi connectivity index (χ4n) is 8.48. The van der Waals surface area contributed by atoms with E-state index in [0.717, 1.165) is 103 Å². The van der Waals surface area contributed by atoms with Crippen molar-refractivity contribution in [3.63, 3.8) is 0 Å². The van der Waals surface area contributed by atoms with Gasteiger partial charge in [0.1, 0.15) is 11.8 Å². The van der Waals surface area contributed by atoms with Gasteiger partial charge in [0.25, 0.3) is 5.91 Å². The minimum atomic E-state index is -0.678. The Bertz CT molecular complexity index is 2250. The number of carboxylic acid groups (broad SMARTS) is 1. The van der Waals surface area contributed by atoms with Crippen molar-refractivity contribution in [3.05, 3.63) is 88.4 Å². The standard InChI is InChI=1S/C41H46ClN9O4/c1-24-29(5-3-7-31(24)46-38-37-33(44-23-45-38)17-26(18-43-37)20-50-15-13-28(52)21-50)30-6-4-8-32(36(30)42)48-40(53)39-47-34-22-51(16-14-35(34)49(39)2)19-25-9-11-27(12-10-25)41(54)55/h3-8,17-18,23,25,27-28,52H,9-16,19-22H2,1-2H3,(H,48,53)(H,54,55)(H,44,45,46)/t25-,27-,28-/m1/s1. The van der Waals surface area contributed by atoms with Gasteiger partial charge < -0.3 is 25.4 Å². The van der Waals surface area contributed by atoms with Crippen molar-refractivity contribution < 1.29 is 19.8 Å². The molecule has 13 nitrogen and oxygen atoms in total. The van der Waals surface area contributed by atoms with Gasteiger partial charge in [0, 0.05) is 75.9 Å². The number of β-amino-alcohol motifs (C(OH)–C–C–N with tert-alkyl or cyclic N) is 1. The summed E-state index contributed by atoms with van der Waals surface area (Å²) in [6, 6.07) is 13.6. The maximum absolute atomic E-state index is 13.7. The van der Waals surface area contributed by atoms with Crippen LogP contribution >= 0.6 is 11.6 Å². The summed E-state index contributed by atoms with van der Waals surface area (Å²) in [6.07, 6.45) is 8.03. The molecular formula is C41H46ClN9O4. The number of nitrogens with zero attached hydrogens (tertiary/aromatic N) is 7. The molecule has 2 aromatic carbocycles. The number of hydrogen-bond donors (Lipinski definition) is 4. The number of aliphatic carboxylic acids is 1. The number of likely N-dealkylation sites (tertiary alicyclic amines) is 1. The van der Waals surface area contributed by atoms with E-state index in [1.54, 1.807) is 6.07 Å². The highest BCUT2D eigenvalue weighted by molar-refractivity contribution is 6.36. The highest BCUT2D eigenvalue weighted by Crippen LogP contribution is 2.39. The van der Waals surface area contributed by atoms with Crippen LogP contribution in [0.5, 0.6) is 0 Å². The smallest absolute Gasteiger partial charge is 0.306 e. The Hall–Kier alpha value is -4.95. The number of amides is 1. The van der Waals surface area contributed by atoms with Gasteiger partial charge in [0.15, 0.2) is 11.6 Å². The Morgan fingerprint density at radius 1 is 0.964 bits per heavy atom. The molecule has 0 spiro atoms. The van der Waals surface area contributed by atoms with Crippen molar-refractivity contribution in [2.24, 2.45) is 18.9 Å². The van der Waals surface area contributed by atoms with Crippen molar-refractivity contribution in [1.82, 2.24) is 34.3 Å². The van der Waals surface area contributed by atoms with Gasteiger partial charge in [-0.15, -0.1) is 0 Å². The van der Waals surface area contributed by atoms with Crippen molar-refractivity contribution >= 4 is 51.7 Å². The lowest BCUT2D eigenvalue weighted by Crippen LogP contribution is -2.36. The van der Waals surface area contributed by atoms with Gasteiger partial charge in [-0.3, -0.25) is 24.4 Å². The summed E-state index contributed by atoms with van der Waals surface area (Å²) in [5, 5.41) is 26.2. The number of anilines is 3. The van der Waals surface area contributed by atoms with E-state index < -0.39 is 5.97 Å². The average molecular weight is 764 g/mol. The summed E-state index contributed by atoms with van der Waals surface area (Å²) in [5.74, 6) is 0.189. The number of pyridine rings is 1. The number of rotatable bonds is 10. The van der Waals surface area contributed by atoms with Crippen molar-refractivity contribution in [1.29, 1.82) is 0 Å². The molecule has 14 heteroatoms. The predicted octanol–water partition coefficient (Wildman–Crippen LogP) is 6.20. The lowest BCUT2D eigenvalue weighted by molar-refractivity contribution is -0.143. The summed E-state index contributed by atoms with van der Waals surface area (Å²) in [7, 11) is 1.89. The number of carbonyl (C=O) groups is 2. The summed E-state index contributed by atoms with van der Waals surface area (Å²) in [5.41, 5.74) is 8.34. The van der Waals surface area contributed by atoms with Gasteiger partial charge in [0.05, 0.1) is 33.9 Å². The highest BCUT2D eigenvalue weighted by atomic mass is 35.5. The zero-order valence-corrected chi connectivity index (χ0v) is 31.9. The number of hydrogen-bond acceptors (Lipinski definition) is 10. The summed E-state index contributed by atoms with van der Waals surface area (Å²) >= 11 is 7.05. The minimum Gasteiger partial charge on any atom is -0.481 e. The Kier molecular flexibility index (Phi) is 10.5. The third-order valence-corrected chi connectivity index (χ3v) is 12.0. The van der Waals surface area contributed by atoms with Crippen LogP contribution in [0.4, 0.5) is 17.2 Å². The lowest BCUT2D eigenvalue weighted by atomic mass is 9.81. The number of carbonyl (C=O) groups excluding carboxylic acids is 1. The van der Waals surface area contributed by atoms with Crippen LogP contribution in [0.25, 0.3) is 22.2 Å². The second kappa shape index (κ2) is 15.7. The fraction of sp³-hybridized carbons (Fsp3) is 0.415. The molecule has 0 radical (unpaired) electrons. The normalized spacial score (nSPS) is 20.4. The van der Waals surface area contributed by atoms with E-state index in [1.807, 2.05) is 61.1 Å². The van der Waals surface area contributed by atoms with Crippen LogP contribution in [0, 0.1) is 18.8 Å². The molecule has 1 amide bonds. The number of benzene rings is 2. The Labute approximate surface area is 324 Å². The van der Waals surface area contributed by atoms with Crippen LogP contribution in [-0.2, 0) is 31.4 Å². The van der Waals surface area contributed by atoms with E-state index in [1.165, 1.54) is 6.33 Å². The van der Waals surface area contributed by atoms with Gasteiger partial charge in [-0.25, -0.2) is 15.0 Å². The van der Waals surface area contributed by atoms with E-state index in [2.05, 4.69) is 30.4 Å². The number of imidazole rings is 1. The molecule has 3 aromatic heterocycles. The van der Waals surface area contributed by atoms with Crippen LogP contribution in [0.3, 0.4) is 0 Å². The van der Waals surface area contributed by atoms with E-state index in [9.17, 15) is 19.8 Å².